The van der Waals surface area contributed by atoms with Crippen molar-refractivity contribution in [1.82, 2.24) is 10.6 Å². The molecule has 1 aromatic carbocycles. The fourth-order valence-corrected chi connectivity index (χ4v) is 3.14. The van der Waals surface area contributed by atoms with E-state index in [9.17, 15) is 10.1 Å². The lowest BCUT2D eigenvalue weighted by atomic mass is 10.0. The summed E-state index contributed by atoms with van der Waals surface area (Å²) in [5.74, 6) is 0.575. The second-order valence-corrected chi connectivity index (χ2v) is 6.14. The van der Waals surface area contributed by atoms with Gasteiger partial charge in [-0.3, -0.25) is 10.1 Å². The molecule has 1 aliphatic rings. The summed E-state index contributed by atoms with van der Waals surface area (Å²) in [4.78, 5) is 13.0. The van der Waals surface area contributed by atoms with Crippen LogP contribution >= 0.6 is 0 Å². The van der Waals surface area contributed by atoms with Crippen LogP contribution in [0.5, 0.6) is 5.75 Å². The van der Waals surface area contributed by atoms with Crippen molar-refractivity contribution in [3.05, 3.63) is 27.8 Å². The van der Waals surface area contributed by atoms with Gasteiger partial charge in [0.15, 0.2) is 0 Å². The fraction of sp³-hybridized carbons (Fsp3) is 0.647. The Morgan fingerprint density at radius 1 is 1.33 bits per heavy atom. The second-order valence-electron chi connectivity index (χ2n) is 6.14. The first-order valence-electron chi connectivity index (χ1n) is 8.58. The van der Waals surface area contributed by atoms with Gasteiger partial charge in [-0.25, -0.2) is 0 Å². The number of nitro benzene ring substituents is 1. The summed E-state index contributed by atoms with van der Waals surface area (Å²) in [5, 5.41) is 18.0. The lowest BCUT2D eigenvalue weighted by Crippen LogP contribution is -2.44. The SMILES string of the molecule is CCNCCNC1CCN(c2cc(C)c([N+](=O)[O-])cc2OC)CC1. The summed E-state index contributed by atoms with van der Waals surface area (Å²) < 4.78 is 5.39. The van der Waals surface area contributed by atoms with Crippen molar-refractivity contribution in [2.24, 2.45) is 0 Å². The van der Waals surface area contributed by atoms with Crippen molar-refractivity contribution >= 4 is 11.4 Å². The average molecular weight is 336 g/mol. The number of nitrogens with zero attached hydrogens (tertiary/aromatic N) is 2. The zero-order valence-electron chi connectivity index (χ0n) is 14.8. The minimum Gasteiger partial charge on any atom is -0.494 e. The van der Waals surface area contributed by atoms with Crippen molar-refractivity contribution in [2.45, 2.75) is 32.7 Å². The number of rotatable bonds is 8. The van der Waals surface area contributed by atoms with Gasteiger partial charge in [-0.15, -0.1) is 0 Å². The molecule has 0 bridgehead atoms. The van der Waals surface area contributed by atoms with Crippen LogP contribution in [-0.2, 0) is 0 Å². The number of piperidine rings is 1. The Labute approximate surface area is 143 Å². The van der Waals surface area contributed by atoms with E-state index >= 15 is 0 Å². The highest BCUT2D eigenvalue weighted by atomic mass is 16.6. The molecule has 7 heteroatoms. The zero-order valence-corrected chi connectivity index (χ0v) is 14.8. The van der Waals surface area contributed by atoms with E-state index in [2.05, 4.69) is 22.5 Å². The Morgan fingerprint density at radius 2 is 2.04 bits per heavy atom. The zero-order chi connectivity index (χ0) is 17.5. The van der Waals surface area contributed by atoms with Crippen LogP contribution in [-0.4, -0.2) is 50.8 Å². The van der Waals surface area contributed by atoms with Crippen molar-refractivity contribution in [3.8, 4) is 5.75 Å². The van der Waals surface area contributed by atoms with Gasteiger partial charge in [-0.2, -0.15) is 0 Å². The number of anilines is 1. The number of nitrogens with one attached hydrogen (secondary N) is 2. The van der Waals surface area contributed by atoms with Crippen LogP contribution in [0.1, 0.15) is 25.3 Å². The molecule has 1 aromatic rings. The van der Waals surface area contributed by atoms with E-state index in [0.29, 0.717) is 17.4 Å². The third-order valence-electron chi connectivity index (χ3n) is 4.51. The molecule has 1 aliphatic heterocycles. The predicted molar refractivity (Wildman–Crippen MR) is 96.2 cm³/mol. The third kappa shape index (κ3) is 4.58. The first-order chi connectivity index (χ1) is 11.6. The quantitative estimate of drug-likeness (QED) is 0.430. The van der Waals surface area contributed by atoms with Gasteiger partial charge in [-0.1, -0.05) is 6.92 Å². The molecule has 1 fully saturated rings. The first-order valence-corrected chi connectivity index (χ1v) is 8.58. The Balaban J connectivity index is 1.98. The summed E-state index contributed by atoms with van der Waals surface area (Å²) in [5.41, 5.74) is 1.73. The molecule has 0 spiro atoms. The van der Waals surface area contributed by atoms with Crippen LogP contribution in [0.15, 0.2) is 12.1 Å². The molecular formula is C17H28N4O3. The molecule has 2 rings (SSSR count). The summed E-state index contributed by atoms with van der Waals surface area (Å²) in [7, 11) is 1.56. The number of aryl methyl sites for hydroxylation is 1. The average Bonchev–Trinajstić information content (AvgIpc) is 2.59. The third-order valence-corrected chi connectivity index (χ3v) is 4.51. The maximum Gasteiger partial charge on any atom is 0.276 e. The van der Waals surface area contributed by atoms with Gasteiger partial charge in [0.1, 0.15) is 5.75 Å². The molecule has 0 aliphatic carbocycles. The summed E-state index contributed by atoms with van der Waals surface area (Å²) >= 11 is 0. The maximum absolute atomic E-state index is 11.1. The van der Waals surface area contributed by atoms with Gasteiger partial charge in [0.05, 0.1) is 23.8 Å². The minimum atomic E-state index is -0.359. The number of ether oxygens (including phenoxy) is 1. The molecule has 2 N–H and O–H groups in total. The smallest absolute Gasteiger partial charge is 0.276 e. The van der Waals surface area contributed by atoms with Gasteiger partial charge in [0.25, 0.3) is 5.69 Å². The molecule has 0 amide bonds. The molecule has 0 saturated carbocycles. The number of hydrogen-bond acceptors (Lipinski definition) is 6. The predicted octanol–water partition coefficient (Wildman–Crippen LogP) is 2.08. The van der Waals surface area contributed by atoms with Crippen molar-refractivity contribution < 1.29 is 9.66 Å². The Bertz CT molecular complexity index is 557. The Kier molecular flexibility index (Phi) is 6.81. The van der Waals surface area contributed by atoms with E-state index in [1.54, 1.807) is 14.0 Å². The lowest BCUT2D eigenvalue weighted by Gasteiger charge is -2.35. The Hall–Kier alpha value is -1.86. The summed E-state index contributed by atoms with van der Waals surface area (Å²) in [6, 6.07) is 3.94. The normalized spacial score (nSPS) is 15.5. The van der Waals surface area contributed by atoms with Crippen molar-refractivity contribution in [2.75, 3.05) is 44.7 Å². The highest BCUT2D eigenvalue weighted by Crippen LogP contribution is 2.36. The highest BCUT2D eigenvalue weighted by molar-refractivity contribution is 5.65. The standard InChI is InChI=1S/C17H28N4O3/c1-4-18-7-8-19-14-5-9-20(10-6-14)16-11-13(2)15(21(22)23)12-17(16)24-3/h11-12,14,18-19H,4-10H2,1-3H3. The number of likely N-dealkylation sites (N-methyl/N-ethyl adjacent to an activating group) is 1. The number of methoxy groups -OCH3 is 1. The molecule has 0 unspecified atom stereocenters. The molecule has 0 atom stereocenters. The van der Waals surface area contributed by atoms with E-state index in [1.165, 1.54) is 6.07 Å². The van der Waals surface area contributed by atoms with E-state index in [0.717, 1.165) is 51.3 Å². The molecule has 1 saturated heterocycles. The van der Waals surface area contributed by atoms with Crippen molar-refractivity contribution in [1.29, 1.82) is 0 Å². The minimum absolute atomic E-state index is 0.107. The van der Waals surface area contributed by atoms with Crippen LogP contribution in [0.4, 0.5) is 11.4 Å². The number of benzene rings is 1. The van der Waals surface area contributed by atoms with Crippen LogP contribution in [0, 0.1) is 17.0 Å². The molecule has 0 aromatic heterocycles. The molecule has 7 nitrogen and oxygen atoms in total. The molecular weight excluding hydrogens is 308 g/mol. The summed E-state index contributed by atoms with van der Waals surface area (Å²) in [6.45, 7) is 8.71. The van der Waals surface area contributed by atoms with E-state index in [-0.39, 0.29) is 10.6 Å². The molecule has 134 valence electrons. The van der Waals surface area contributed by atoms with Crippen LogP contribution < -0.4 is 20.3 Å². The second kappa shape index (κ2) is 8.84. The molecule has 1 heterocycles. The van der Waals surface area contributed by atoms with Crippen LogP contribution in [0.3, 0.4) is 0 Å². The topological polar surface area (TPSA) is 79.7 Å². The number of nitro groups is 1. The van der Waals surface area contributed by atoms with Crippen molar-refractivity contribution in [3.63, 3.8) is 0 Å². The lowest BCUT2D eigenvalue weighted by molar-refractivity contribution is -0.385. The maximum atomic E-state index is 11.1. The van der Waals surface area contributed by atoms with Gasteiger partial charge < -0.3 is 20.3 Å². The van der Waals surface area contributed by atoms with E-state index < -0.39 is 0 Å². The van der Waals surface area contributed by atoms with Crippen LogP contribution in [0.2, 0.25) is 0 Å². The van der Waals surface area contributed by atoms with Gasteiger partial charge >= 0.3 is 0 Å². The van der Waals surface area contributed by atoms with E-state index in [4.69, 9.17) is 4.74 Å². The van der Waals surface area contributed by atoms with Crippen LogP contribution in [0.25, 0.3) is 0 Å². The van der Waals surface area contributed by atoms with E-state index in [1.807, 2.05) is 6.07 Å². The van der Waals surface area contributed by atoms with Gasteiger partial charge in [0, 0.05) is 37.8 Å². The highest BCUT2D eigenvalue weighted by Gasteiger charge is 2.24. The fourth-order valence-electron chi connectivity index (χ4n) is 3.14. The van der Waals surface area contributed by atoms with Gasteiger partial charge in [0.2, 0.25) is 0 Å². The Morgan fingerprint density at radius 3 is 2.62 bits per heavy atom. The first kappa shape index (κ1) is 18.5. The molecule has 24 heavy (non-hydrogen) atoms. The summed E-state index contributed by atoms with van der Waals surface area (Å²) in [6.07, 6.45) is 2.12. The monoisotopic (exact) mass is 336 g/mol. The molecule has 0 radical (unpaired) electrons. The largest absolute Gasteiger partial charge is 0.494 e. The van der Waals surface area contributed by atoms with Gasteiger partial charge in [-0.05, 0) is 32.4 Å². The number of hydrogen-bond donors (Lipinski definition) is 2.